The van der Waals surface area contributed by atoms with Crippen molar-refractivity contribution in [3.63, 3.8) is 0 Å². The maximum atomic E-state index is 4.27. The molecule has 0 amide bonds. The minimum absolute atomic E-state index is 0.578. The quantitative estimate of drug-likeness (QED) is 0.507. The highest BCUT2D eigenvalue weighted by Gasteiger charge is 2.04. The summed E-state index contributed by atoms with van der Waals surface area (Å²) in [5.41, 5.74) is 0. The molecule has 0 radical (unpaired) electrons. The molecule has 6 heteroatoms. The minimum atomic E-state index is 0.578. The Hall–Kier alpha value is -1.69. The SMILES string of the molecule is C/N=C(\N=C/C/C=C/N=C/N(C)CCC(C)N(C)C)N(C)C. The molecule has 126 valence electrons. The summed E-state index contributed by atoms with van der Waals surface area (Å²) in [4.78, 5) is 18.8. The zero-order valence-corrected chi connectivity index (χ0v) is 15.2. The molecule has 0 N–H and O–H groups in total. The smallest absolute Gasteiger partial charge is 0.219 e. The number of hydrogen-bond acceptors (Lipinski definition) is 3. The fourth-order valence-electron chi connectivity index (χ4n) is 1.55. The second-order valence-electron chi connectivity index (χ2n) is 5.70. The molecular formula is C16H32N6. The van der Waals surface area contributed by atoms with Crippen molar-refractivity contribution in [3.8, 4) is 0 Å². The Balaban J connectivity index is 3.99. The molecule has 0 aromatic carbocycles. The molecule has 0 aliphatic carbocycles. The van der Waals surface area contributed by atoms with Crippen LogP contribution in [0, 0.1) is 0 Å². The van der Waals surface area contributed by atoms with Crippen molar-refractivity contribution >= 4 is 18.5 Å². The van der Waals surface area contributed by atoms with Crippen LogP contribution in [0.3, 0.4) is 0 Å². The molecule has 0 rings (SSSR count). The topological polar surface area (TPSA) is 46.8 Å². The summed E-state index contributed by atoms with van der Waals surface area (Å²) in [6, 6.07) is 0.578. The first kappa shape index (κ1) is 20.3. The summed E-state index contributed by atoms with van der Waals surface area (Å²) < 4.78 is 0. The van der Waals surface area contributed by atoms with Gasteiger partial charge in [-0.1, -0.05) is 6.08 Å². The van der Waals surface area contributed by atoms with Crippen LogP contribution in [-0.4, -0.2) is 88.1 Å². The average molecular weight is 308 g/mol. The summed E-state index contributed by atoms with van der Waals surface area (Å²) in [5, 5.41) is 0. The van der Waals surface area contributed by atoms with Gasteiger partial charge in [-0.3, -0.25) is 4.99 Å². The lowest BCUT2D eigenvalue weighted by atomic mass is 10.2. The zero-order chi connectivity index (χ0) is 17.0. The number of guanidine groups is 1. The van der Waals surface area contributed by atoms with E-state index in [1.54, 1.807) is 13.2 Å². The van der Waals surface area contributed by atoms with Crippen LogP contribution in [0.15, 0.2) is 27.3 Å². The molecule has 1 unspecified atom stereocenters. The van der Waals surface area contributed by atoms with E-state index in [0.717, 1.165) is 19.4 Å². The van der Waals surface area contributed by atoms with Crippen LogP contribution in [0.5, 0.6) is 0 Å². The van der Waals surface area contributed by atoms with E-state index in [2.05, 4.69) is 45.8 Å². The van der Waals surface area contributed by atoms with Crippen LogP contribution in [0.1, 0.15) is 19.8 Å². The molecular weight excluding hydrogens is 276 g/mol. The monoisotopic (exact) mass is 308 g/mol. The first-order chi connectivity index (χ1) is 10.4. The summed E-state index contributed by atoms with van der Waals surface area (Å²) >= 11 is 0. The highest BCUT2D eigenvalue weighted by molar-refractivity contribution is 5.87. The predicted molar refractivity (Wildman–Crippen MR) is 98.2 cm³/mol. The van der Waals surface area contributed by atoms with E-state index in [-0.39, 0.29) is 0 Å². The Morgan fingerprint density at radius 3 is 2.36 bits per heavy atom. The van der Waals surface area contributed by atoms with Gasteiger partial charge in [0, 0.05) is 59.6 Å². The average Bonchev–Trinajstić information content (AvgIpc) is 2.46. The molecule has 0 saturated heterocycles. The van der Waals surface area contributed by atoms with Gasteiger partial charge in [0.15, 0.2) is 0 Å². The number of hydrogen-bond donors (Lipinski definition) is 0. The van der Waals surface area contributed by atoms with Crippen molar-refractivity contribution in [2.45, 2.75) is 25.8 Å². The van der Waals surface area contributed by atoms with Gasteiger partial charge in [0.05, 0.1) is 6.34 Å². The van der Waals surface area contributed by atoms with Crippen LogP contribution in [0.4, 0.5) is 0 Å². The molecule has 0 bridgehead atoms. The zero-order valence-electron chi connectivity index (χ0n) is 15.2. The predicted octanol–water partition coefficient (Wildman–Crippen LogP) is 1.81. The van der Waals surface area contributed by atoms with Gasteiger partial charge in [-0.05, 0) is 27.4 Å². The molecule has 0 heterocycles. The molecule has 0 aromatic heterocycles. The van der Waals surface area contributed by atoms with E-state index in [4.69, 9.17) is 0 Å². The third-order valence-corrected chi connectivity index (χ3v) is 3.28. The fraction of sp³-hybridized carbons (Fsp3) is 0.688. The van der Waals surface area contributed by atoms with Gasteiger partial charge in [-0.2, -0.15) is 0 Å². The lowest BCUT2D eigenvalue weighted by Crippen LogP contribution is -2.29. The van der Waals surface area contributed by atoms with E-state index >= 15 is 0 Å². The van der Waals surface area contributed by atoms with Gasteiger partial charge in [0.2, 0.25) is 5.96 Å². The van der Waals surface area contributed by atoms with E-state index in [1.165, 1.54) is 0 Å². The minimum Gasteiger partial charge on any atom is -0.366 e. The molecule has 22 heavy (non-hydrogen) atoms. The lowest BCUT2D eigenvalue weighted by molar-refractivity contribution is 0.282. The molecule has 1 atom stereocenters. The van der Waals surface area contributed by atoms with Gasteiger partial charge in [-0.25, -0.2) is 9.98 Å². The van der Waals surface area contributed by atoms with Crippen molar-refractivity contribution in [3.05, 3.63) is 12.3 Å². The number of allylic oxidation sites excluding steroid dienone is 1. The maximum Gasteiger partial charge on any atom is 0.219 e. The van der Waals surface area contributed by atoms with E-state index in [1.807, 2.05) is 44.7 Å². The first-order valence-corrected chi connectivity index (χ1v) is 7.60. The largest absolute Gasteiger partial charge is 0.366 e. The van der Waals surface area contributed by atoms with Gasteiger partial charge in [-0.15, -0.1) is 0 Å². The van der Waals surface area contributed by atoms with Gasteiger partial charge >= 0.3 is 0 Å². The van der Waals surface area contributed by atoms with Gasteiger partial charge in [0.1, 0.15) is 0 Å². The molecule has 0 fully saturated rings. The highest BCUT2D eigenvalue weighted by atomic mass is 15.2. The van der Waals surface area contributed by atoms with Gasteiger partial charge in [0.25, 0.3) is 0 Å². The summed E-state index contributed by atoms with van der Waals surface area (Å²) in [5.74, 6) is 0.714. The Kier molecular flexibility index (Phi) is 11.0. The first-order valence-electron chi connectivity index (χ1n) is 7.60. The highest BCUT2D eigenvalue weighted by Crippen LogP contribution is 1.98. The van der Waals surface area contributed by atoms with Crippen LogP contribution in [-0.2, 0) is 0 Å². The molecule has 0 aromatic rings. The van der Waals surface area contributed by atoms with Crippen molar-refractivity contribution in [2.75, 3.05) is 48.8 Å². The van der Waals surface area contributed by atoms with Crippen LogP contribution in [0.25, 0.3) is 0 Å². The molecule has 0 aliphatic rings. The Labute approximate surface area is 135 Å². The standard InChI is InChI=1S/C16H32N6/c1-15(20(3)4)10-13-22(7)14-18-11-8-9-12-19-16(17-2)21(5)6/h8,11-12,14-15H,9-10,13H2,1-7H3/b11-8+,17-16+,18-14+,19-12-. The van der Waals surface area contributed by atoms with Crippen LogP contribution >= 0.6 is 0 Å². The third kappa shape index (κ3) is 10.1. The Morgan fingerprint density at radius 2 is 1.82 bits per heavy atom. The number of aliphatic imine (C=N–C) groups is 3. The van der Waals surface area contributed by atoms with Crippen molar-refractivity contribution in [1.82, 2.24) is 14.7 Å². The Morgan fingerprint density at radius 1 is 1.14 bits per heavy atom. The number of nitrogens with zero attached hydrogens (tertiary/aromatic N) is 6. The molecule has 6 nitrogen and oxygen atoms in total. The maximum absolute atomic E-state index is 4.27. The second kappa shape index (κ2) is 11.9. The third-order valence-electron chi connectivity index (χ3n) is 3.28. The van der Waals surface area contributed by atoms with E-state index in [9.17, 15) is 0 Å². The van der Waals surface area contributed by atoms with E-state index < -0.39 is 0 Å². The summed E-state index contributed by atoms with van der Waals surface area (Å²) in [6.45, 7) is 3.23. The number of rotatable bonds is 8. The molecule has 0 saturated carbocycles. The molecule has 0 aliphatic heterocycles. The van der Waals surface area contributed by atoms with Crippen LogP contribution in [0.2, 0.25) is 0 Å². The molecule has 0 spiro atoms. The second-order valence-corrected chi connectivity index (χ2v) is 5.70. The van der Waals surface area contributed by atoms with Gasteiger partial charge < -0.3 is 14.7 Å². The van der Waals surface area contributed by atoms with Crippen LogP contribution < -0.4 is 0 Å². The van der Waals surface area contributed by atoms with Crippen molar-refractivity contribution in [1.29, 1.82) is 0 Å². The Bertz CT molecular complexity index is 395. The summed E-state index contributed by atoms with van der Waals surface area (Å²) in [6.07, 6.45) is 9.32. The van der Waals surface area contributed by atoms with Crippen molar-refractivity contribution < 1.29 is 0 Å². The van der Waals surface area contributed by atoms with Crippen molar-refractivity contribution in [2.24, 2.45) is 15.0 Å². The fourth-order valence-corrected chi connectivity index (χ4v) is 1.55. The lowest BCUT2D eigenvalue weighted by Gasteiger charge is -2.22. The summed E-state index contributed by atoms with van der Waals surface area (Å²) in [7, 11) is 11.8. The van der Waals surface area contributed by atoms with E-state index in [0.29, 0.717) is 12.0 Å². The normalized spacial score (nSPS) is 14.6.